The second kappa shape index (κ2) is 7.09. The summed E-state index contributed by atoms with van der Waals surface area (Å²) in [6.45, 7) is 10.5. The summed E-state index contributed by atoms with van der Waals surface area (Å²) < 4.78 is 14.3. The Morgan fingerprint density at radius 2 is 1.16 bits per heavy atom. The monoisotopic (exact) mass is 344 g/mol. The van der Waals surface area contributed by atoms with E-state index in [4.69, 9.17) is 0 Å². The van der Waals surface area contributed by atoms with Gasteiger partial charge in [-0.15, -0.1) is 0 Å². The normalized spacial score (nSPS) is 11.1. The van der Waals surface area contributed by atoms with Gasteiger partial charge in [0.05, 0.1) is 0 Å². The molecule has 3 aromatic carbocycles. The van der Waals surface area contributed by atoms with Gasteiger partial charge in [0.25, 0.3) is 0 Å². The first-order chi connectivity index (χ1) is 12.0. The topological polar surface area (TPSA) is 17.1 Å². The Bertz CT molecular complexity index is 912. The van der Waals surface area contributed by atoms with E-state index in [0.717, 1.165) is 27.3 Å². The second-order valence-corrected chi connectivity index (χ2v) is 8.81. The summed E-state index contributed by atoms with van der Waals surface area (Å²) in [5.41, 5.74) is 2.81. The highest BCUT2D eigenvalue weighted by Gasteiger charge is 2.32. The lowest BCUT2D eigenvalue weighted by Gasteiger charge is -2.24. The zero-order valence-electron chi connectivity index (χ0n) is 14.4. The Kier molecular flexibility index (Phi) is 4.88. The minimum Gasteiger partial charge on any atom is -0.309 e. The fourth-order valence-corrected chi connectivity index (χ4v) is 5.60. The number of benzene rings is 3. The maximum atomic E-state index is 14.3. The molecule has 0 spiro atoms. The molecule has 2 heteroatoms. The lowest BCUT2D eigenvalue weighted by Crippen LogP contribution is -2.17. The molecule has 0 radical (unpaired) electrons. The molecular weight excluding hydrogens is 323 g/mol. The van der Waals surface area contributed by atoms with Crippen LogP contribution in [-0.2, 0) is 4.57 Å². The molecule has 3 aromatic rings. The van der Waals surface area contributed by atoms with Crippen molar-refractivity contribution < 1.29 is 4.57 Å². The van der Waals surface area contributed by atoms with Gasteiger partial charge in [0.15, 0.2) is 7.14 Å². The molecule has 0 amide bonds. The van der Waals surface area contributed by atoms with E-state index in [0.29, 0.717) is 5.31 Å². The largest absolute Gasteiger partial charge is 0.309 e. The van der Waals surface area contributed by atoms with Crippen molar-refractivity contribution in [2.24, 2.45) is 0 Å². The Morgan fingerprint density at radius 1 is 0.720 bits per heavy atom. The average Bonchev–Trinajstić information content (AvgIpc) is 2.68. The molecule has 3 rings (SSSR count). The number of hydrogen-bond acceptors (Lipinski definition) is 1. The maximum absolute atomic E-state index is 14.3. The number of rotatable bonds is 5. The predicted molar refractivity (Wildman–Crippen MR) is 109 cm³/mol. The van der Waals surface area contributed by atoms with E-state index in [1.165, 1.54) is 0 Å². The molecule has 0 saturated carbocycles. The minimum absolute atomic E-state index is 0.583. The maximum Gasteiger partial charge on any atom is 0.171 e. The highest BCUT2D eigenvalue weighted by Crippen LogP contribution is 2.55. The summed E-state index contributed by atoms with van der Waals surface area (Å²) in [4.78, 5) is 0. The Balaban J connectivity index is 2.16. The summed E-state index contributed by atoms with van der Waals surface area (Å²) in [6.07, 6.45) is 0. The lowest BCUT2D eigenvalue weighted by molar-refractivity contribution is 0.591. The molecule has 0 bridgehead atoms. The predicted octanol–water partition coefficient (Wildman–Crippen LogP) is 5.54. The van der Waals surface area contributed by atoms with Crippen LogP contribution in [0, 0.1) is 6.92 Å². The molecule has 0 saturated heterocycles. The van der Waals surface area contributed by atoms with Crippen molar-refractivity contribution >= 4 is 23.3 Å². The van der Waals surface area contributed by atoms with Crippen molar-refractivity contribution in [2.75, 3.05) is 0 Å². The van der Waals surface area contributed by atoms with Crippen molar-refractivity contribution in [1.82, 2.24) is 0 Å². The van der Waals surface area contributed by atoms with Gasteiger partial charge in [0, 0.05) is 15.9 Å². The van der Waals surface area contributed by atoms with Crippen LogP contribution in [0.5, 0.6) is 0 Å². The third kappa shape index (κ3) is 3.16. The van der Waals surface area contributed by atoms with Crippen LogP contribution < -0.4 is 10.6 Å². The molecule has 0 N–H and O–H groups in total. The fourth-order valence-electron chi connectivity index (χ4n) is 2.99. The summed E-state index contributed by atoms with van der Waals surface area (Å²) >= 11 is 0. The number of hydrogen-bond donors (Lipinski definition) is 0. The van der Waals surface area contributed by atoms with Gasteiger partial charge in [0.2, 0.25) is 0 Å². The molecular formula is C23H21OP. The molecule has 124 valence electrons. The first-order valence-electron chi connectivity index (χ1n) is 8.21. The van der Waals surface area contributed by atoms with Gasteiger partial charge in [-0.2, -0.15) is 0 Å². The van der Waals surface area contributed by atoms with E-state index in [-0.39, 0.29) is 0 Å². The first kappa shape index (κ1) is 17.2. The third-order valence-corrected chi connectivity index (χ3v) is 7.52. The highest BCUT2D eigenvalue weighted by atomic mass is 31.2. The van der Waals surface area contributed by atoms with Gasteiger partial charge in [-0.3, -0.25) is 0 Å². The van der Waals surface area contributed by atoms with Crippen LogP contribution in [0.4, 0.5) is 0 Å². The summed E-state index contributed by atoms with van der Waals surface area (Å²) in [5.74, 6) is 0. The van der Waals surface area contributed by atoms with Crippen molar-refractivity contribution in [2.45, 2.75) is 6.92 Å². The molecule has 1 nitrogen and oxygen atoms in total. The second-order valence-electron chi connectivity index (χ2n) is 6.02. The van der Waals surface area contributed by atoms with Crippen LogP contribution in [0.15, 0.2) is 103 Å². The van der Waals surface area contributed by atoms with E-state index in [9.17, 15) is 4.57 Å². The summed E-state index contributed by atoms with van der Waals surface area (Å²) in [6, 6.07) is 27.1. The van der Waals surface area contributed by atoms with Crippen LogP contribution in [-0.4, -0.2) is 0 Å². The smallest absolute Gasteiger partial charge is 0.171 e. The SMILES string of the molecule is C=C(C(=C)P(=O)(c1ccccc1)c1ccccc1)c1ccccc1C. The van der Waals surface area contributed by atoms with E-state index in [1.54, 1.807) is 0 Å². The van der Waals surface area contributed by atoms with E-state index >= 15 is 0 Å². The quantitative estimate of drug-likeness (QED) is 0.439. The molecule has 0 atom stereocenters. The Hall–Kier alpha value is -2.63. The van der Waals surface area contributed by atoms with Crippen LogP contribution in [0.2, 0.25) is 0 Å². The van der Waals surface area contributed by atoms with E-state index < -0.39 is 7.14 Å². The average molecular weight is 344 g/mol. The van der Waals surface area contributed by atoms with Crippen LogP contribution in [0.25, 0.3) is 5.57 Å². The summed E-state index contributed by atoms with van der Waals surface area (Å²) in [5, 5.41) is 2.14. The molecule has 0 heterocycles. The highest BCUT2D eigenvalue weighted by molar-refractivity contribution is 7.83. The van der Waals surface area contributed by atoms with Crippen molar-refractivity contribution in [3.05, 3.63) is 115 Å². The van der Waals surface area contributed by atoms with Gasteiger partial charge in [-0.05, 0) is 23.6 Å². The standard InChI is InChI=1S/C23H21OP/c1-18-12-10-11-17-23(18)19(2)20(3)25(24,21-13-6-4-7-14-21)22-15-8-5-9-16-22/h4-17H,2-3H2,1H3. The van der Waals surface area contributed by atoms with Gasteiger partial charge in [-0.1, -0.05) is 98.1 Å². The lowest BCUT2D eigenvalue weighted by atomic mass is 10.0. The molecule has 0 aliphatic heterocycles. The molecule has 0 fully saturated rings. The molecule has 25 heavy (non-hydrogen) atoms. The first-order valence-corrected chi connectivity index (χ1v) is 9.92. The Morgan fingerprint density at radius 3 is 1.64 bits per heavy atom. The van der Waals surface area contributed by atoms with Crippen LogP contribution in [0.1, 0.15) is 11.1 Å². The van der Waals surface area contributed by atoms with Gasteiger partial charge in [-0.25, -0.2) is 0 Å². The van der Waals surface area contributed by atoms with Crippen molar-refractivity contribution in [3.63, 3.8) is 0 Å². The van der Waals surface area contributed by atoms with Gasteiger partial charge in [0.1, 0.15) is 0 Å². The number of allylic oxidation sites excluding steroid dienone is 2. The number of aryl methyl sites for hydroxylation is 1. The van der Waals surface area contributed by atoms with Crippen LogP contribution in [0.3, 0.4) is 0 Å². The summed E-state index contributed by atoms with van der Waals surface area (Å²) in [7, 11) is -3.05. The van der Waals surface area contributed by atoms with Crippen molar-refractivity contribution in [1.29, 1.82) is 0 Å². The third-order valence-electron chi connectivity index (χ3n) is 4.44. The zero-order valence-corrected chi connectivity index (χ0v) is 15.2. The van der Waals surface area contributed by atoms with Crippen LogP contribution >= 0.6 is 7.14 Å². The molecule has 0 aliphatic rings. The fraction of sp³-hybridized carbons (Fsp3) is 0.0435. The van der Waals surface area contributed by atoms with Gasteiger partial charge < -0.3 is 4.57 Å². The Labute approximate surface area is 149 Å². The van der Waals surface area contributed by atoms with Gasteiger partial charge >= 0.3 is 0 Å². The molecule has 0 aliphatic carbocycles. The van der Waals surface area contributed by atoms with E-state index in [1.807, 2.05) is 91.9 Å². The molecule has 0 aromatic heterocycles. The minimum atomic E-state index is -3.05. The molecule has 0 unspecified atom stereocenters. The van der Waals surface area contributed by atoms with E-state index in [2.05, 4.69) is 13.2 Å². The zero-order chi connectivity index (χ0) is 17.9. The van der Waals surface area contributed by atoms with Crippen molar-refractivity contribution in [3.8, 4) is 0 Å².